The van der Waals surface area contributed by atoms with Gasteiger partial charge in [0.25, 0.3) is 5.56 Å². The highest BCUT2D eigenvalue weighted by Crippen LogP contribution is 2.50. The van der Waals surface area contributed by atoms with Crippen LogP contribution in [0.5, 0.6) is 0 Å². The smallest absolute Gasteiger partial charge is 0.263 e. The number of ketones is 1. The van der Waals surface area contributed by atoms with E-state index in [0.29, 0.717) is 12.1 Å². The van der Waals surface area contributed by atoms with Gasteiger partial charge in [-0.15, -0.1) is 11.8 Å². The second kappa shape index (κ2) is 6.95. The van der Waals surface area contributed by atoms with Crippen LogP contribution < -0.4 is 10.5 Å². The third-order valence-electron chi connectivity index (χ3n) is 5.38. The molecule has 0 radical (unpaired) electrons. The maximum absolute atomic E-state index is 13.3. The minimum absolute atomic E-state index is 0.0264. The molecule has 1 unspecified atom stereocenters. The maximum atomic E-state index is 13.3. The van der Waals surface area contributed by atoms with Crippen LogP contribution in [0.3, 0.4) is 0 Å². The highest BCUT2D eigenvalue weighted by molar-refractivity contribution is 8.01. The van der Waals surface area contributed by atoms with Gasteiger partial charge < -0.3 is 9.47 Å². The topological polar surface area (TPSA) is 42.3 Å². The average molecular weight is 369 g/mol. The van der Waals surface area contributed by atoms with Crippen molar-refractivity contribution in [2.75, 3.05) is 17.2 Å². The molecule has 3 heterocycles. The van der Waals surface area contributed by atoms with Crippen molar-refractivity contribution < 1.29 is 4.79 Å². The van der Waals surface area contributed by atoms with Crippen molar-refractivity contribution in [3.8, 4) is 0 Å². The molecule has 0 amide bonds. The Kier molecular flexibility index (Phi) is 4.65. The molecule has 1 aromatic heterocycles. The van der Waals surface area contributed by atoms with E-state index in [1.807, 2.05) is 42.6 Å². The number of benzene rings is 1. The van der Waals surface area contributed by atoms with Gasteiger partial charge in [0.05, 0.1) is 12.2 Å². The van der Waals surface area contributed by atoms with E-state index in [1.54, 1.807) is 16.3 Å². The first kappa shape index (κ1) is 17.4. The fraction of sp³-hybridized carbons (Fsp3) is 0.429. The van der Waals surface area contributed by atoms with Crippen molar-refractivity contribution in [1.29, 1.82) is 0 Å². The quantitative estimate of drug-likeness (QED) is 0.725. The van der Waals surface area contributed by atoms with Gasteiger partial charge in [-0.25, -0.2) is 0 Å². The Morgan fingerprint density at radius 3 is 2.73 bits per heavy atom. The monoisotopic (exact) mass is 368 g/mol. The molecule has 2 aliphatic heterocycles. The zero-order valence-electron chi connectivity index (χ0n) is 15.1. The number of pyridine rings is 1. The van der Waals surface area contributed by atoms with Crippen LogP contribution in [0, 0.1) is 0 Å². The minimum Gasteiger partial charge on any atom is -0.349 e. The molecule has 4 nitrogen and oxygen atoms in total. The first-order valence-corrected chi connectivity index (χ1v) is 10.4. The van der Waals surface area contributed by atoms with Gasteiger partial charge in [-0.05, 0) is 36.6 Å². The van der Waals surface area contributed by atoms with Gasteiger partial charge in [0.2, 0.25) is 5.78 Å². The lowest BCUT2D eigenvalue weighted by Gasteiger charge is -2.31. The SMILES string of the molecule is CCCCSC12CCCN1c1ccn(Cc3ccccc3)c(=O)c1C2=O. The predicted molar refractivity (Wildman–Crippen MR) is 107 cm³/mol. The molecule has 1 aromatic carbocycles. The number of aromatic nitrogens is 1. The summed E-state index contributed by atoms with van der Waals surface area (Å²) in [5, 5.41) is 0. The van der Waals surface area contributed by atoms with Crippen molar-refractivity contribution in [3.05, 3.63) is 64.1 Å². The normalized spacial score (nSPS) is 21.1. The van der Waals surface area contributed by atoms with E-state index in [-0.39, 0.29) is 11.3 Å². The number of carbonyl (C=O) groups excluding carboxylic acids is 1. The second-order valence-electron chi connectivity index (χ2n) is 7.07. The van der Waals surface area contributed by atoms with Crippen molar-refractivity contribution in [2.24, 2.45) is 0 Å². The van der Waals surface area contributed by atoms with Crippen molar-refractivity contribution in [2.45, 2.75) is 44.0 Å². The van der Waals surface area contributed by atoms with Crippen LogP contribution in [0.1, 0.15) is 48.5 Å². The zero-order chi connectivity index (χ0) is 18.1. The number of fused-ring (bicyclic) bond motifs is 3. The van der Waals surface area contributed by atoms with E-state index in [0.717, 1.165) is 49.2 Å². The number of anilines is 1. The molecule has 2 aromatic rings. The third-order valence-corrected chi connectivity index (χ3v) is 6.96. The van der Waals surface area contributed by atoms with Gasteiger partial charge in [0.15, 0.2) is 4.87 Å². The molecule has 0 bridgehead atoms. The number of rotatable bonds is 6. The average Bonchev–Trinajstić information content (AvgIpc) is 3.17. The lowest BCUT2D eigenvalue weighted by molar-refractivity contribution is 0.0958. The molecule has 4 rings (SSSR count). The molecule has 0 aliphatic carbocycles. The summed E-state index contributed by atoms with van der Waals surface area (Å²) >= 11 is 1.74. The van der Waals surface area contributed by atoms with E-state index in [1.165, 1.54) is 0 Å². The third kappa shape index (κ3) is 2.69. The molecule has 5 heteroatoms. The fourth-order valence-electron chi connectivity index (χ4n) is 4.05. The summed E-state index contributed by atoms with van der Waals surface area (Å²) in [5.74, 6) is 0.990. The van der Waals surface area contributed by atoms with Crippen LogP contribution in [0.15, 0.2) is 47.4 Å². The summed E-state index contributed by atoms with van der Waals surface area (Å²) in [6.07, 6.45) is 5.91. The fourth-order valence-corrected chi connectivity index (χ4v) is 5.69. The minimum atomic E-state index is -0.539. The lowest BCUT2D eigenvalue weighted by Crippen LogP contribution is -2.43. The molecular formula is C21H24N2O2S. The van der Waals surface area contributed by atoms with Crippen LogP contribution in [-0.4, -0.2) is 27.5 Å². The maximum Gasteiger partial charge on any atom is 0.263 e. The molecule has 0 N–H and O–H groups in total. The van der Waals surface area contributed by atoms with Crippen LogP contribution in [-0.2, 0) is 6.54 Å². The Hall–Kier alpha value is -2.01. The number of hydrogen-bond acceptors (Lipinski definition) is 4. The number of unbranched alkanes of at least 4 members (excludes halogenated alkanes) is 1. The summed E-state index contributed by atoms with van der Waals surface area (Å²) in [6.45, 7) is 3.52. The molecule has 1 atom stereocenters. The van der Waals surface area contributed by atoms with Gasteiger partial charge in [-0.2, -0.15) is 0 Å². The predicted octanol–water partition coefficient (Wildman–Crippen LogP) is 3.92. The highest BCUT2D eigenvalue weighted by atomic mass is 32.2. The van der Waals surface area contributed by atoms with E-state index in [2.05, 4.69) is 11.8 Å². The zero-order valence-corrected chi connectivity index (χ0v) is 15.9. The first-order chi connectivity index (χ1) is 12.7. The molecule has 26 heavy (non-hydrogen) atoms. The van der Waals surface area contributed by atoms with Crippen LogP contribution in [0.2, 0.25) is 0 Å². The van der Waals surface area contributed by atoms with E-state index < -0.39 is 4.87 Å². The van der Waals surface area contributed by atoms with Crippen LogP contribution >= 0.6 is 11.8 Å². The van der Waals surface area contributed by atoms with Crippen molar-refractivity contribution >= 4 is 23.2 Å². The molecule has 0 saturated carbocycles. The van der Waals surface area contributed by atoms with Gasteiger partial charge in [-0.1, -0.05) is 43.7 Å². The number of Topliss-reactive ketones (excluding diaryl/α,β-unsaturated/α-hetero) is 1. The highest BCUT2D eigenvalue weighted by Gasteiger charge is 2.55. The van der Waals surface area contributed by atoms with Gasteiger partial charge in [0, 0.05) is 12.7 Å². The Morgan fingerprint density at radius 2 is 1.96 bits per heavy atom. The lowest BCUT2D eigenvalue weighted by atomic mass is 10.1. The number of thioether (sulfide) groups is 1. The Balaban J connectivity index is 1.70. The summed E-state index contributed by atoms with van der Waals surface area (Å²) < 4.78 is 1.67. The van der Waals surface area contributed by atoms with Crippen molar-refractivity contribution in [1.82, 2.24) is 4.57 Å². The van der Waals surface area contributed by atoms with Gasteiger partial charge >= 0.3 is 0 Å². The van der Waals surface area contributed by atoms with Crippen LogP contribution in [0.25, 0.3) is 0 Å². The Morgan fingerprint density at radius 1 is 1.15 bits per heavy atom. The summed E-state index contributed by atoms with van der Waals surface area (Å²) in [6, 6.07) is 11.9. The van der Waals surface area contributed by atoms with Crippen LogP contribution in [0.4, 0.5) is 5.69 Å². The summed E-state index contributed by atoms with van der Waals surface area (Å²) in [4.78, 5) is 28.1. The van der Waals surface area contributed by atoms with E-state index >= 15 is 0 Å². The second-order valence-corrected chi connectivity index (χ2v) is 8.44. The number of nitrogens with zero attached hydrogens (tertiary/aromatic N) is 2. The molecule has 1 saturated heterocycles. The Labute approximate surface area is 158 Å². The van der Waals surface area contributed by atoms with Crippen molar-refractivity contribution in [3.63, 3.8) is 0 Å². The molecule has 136 valence electrons. The molecular weight excluding hydrogens is 344 g/mol. The van der Waals surface area contributed by atoms with E-state index in [4.69, 9.17) is 0 Å². The number of hydrogen-bond donors (Lipinski definition) is 0. The summed E-state index contributed by atoms with van der Waals surface area (Å²) in [5.41, 5.74) is 2.15. The molecule has 2 aliphatic rings. The largest absolute Gasteiger partial charge is 0.349 e. The van der Waals surface area contributed by atoms with E-state index in [9.17, 15) is 9.59 Å². The standard InChI is InChI=1S/C21H24N2O2S/c1-2-3-14-26-21-11-7-12-23(21)17-10-13-22(20(25)18(17)19(21)24)15-16-8-5-4-6-9-16/h4-6,8-10,13H,2-3,7,11-12,14-15H2,1H3. The summed E-state index contributed by atoms with van der Waals surface area (Å²) in [7, 11) is 0. The molecule has 1 fully saturated rings. The van der Waals surface area contributed by atoms with Gasteiger partial charge in [-0.3, -0.25) is 9.59 Å². The molecule has 0 spiro atoms. The number of carbonyl (C=O) groups is 1. The Bertz CT molecular complexity index is 877. The van der Waals surface area contributed by atoms with Gasteiger partial charge in [0.1, 0.15) is 5.56 Å². The first-order valence-electron chi connectivity index (χ1n) is 9.41.